The van der Waals surface area contributed by atoms with Crippen molar-refractivity contribution in [2.24, 2.45) is 5.92 Å². The zero-order chi connectivity index (χ0) is 16.2. The van der Waals surface area contributed by atoms with Crippen LogP contribution in [-0.2, 0) is 16.0 Å². The molecule has 0 saturated carbocycles. The summed E-state index contributed by atoms with van der Waals surface area (Å²) < 4.78 is 0. The summed E-state index contributed by atoms with van der Waals surface area (Å²) in [6.45, 7) is 2.52. The molecule has 2 saturated heterocycles. The monoisotopic (exact) mass is 318 g/mol. The number of carbonyl (C=O) groups excluding carboxylic acids is 1. The van der Waals surface area contributed by atoms with E-state index in [4.69, 9.17) is 0 Å². The number of aliphatic carboxylic acids is 1. The van der Waals surface area contributed by atoms with Crippen LogP contribution in [0.2, 0.25) is 0 Å². The molecule has 3 rings (SSSR count). The van der Waals surface area contributed by atoms with Crippen LogP contribution in [0.4, 0.5) is 0 Å². The minimum atomic E-state index is -0.860. The van der Waals surface area contributed by atoms with Crippen LogP contribution >= 0.6 is 0 Å². The average Bonchev–Trinajstić information content (AvgIpc) is 3.00. The first-order valence-electron chi connectivity index (χ1n) is 7.92. The van der Waals surface area contributed by atoms with Crippen molar-refractivity contribution in [3.8, 4) is 0 Å². The van der Waals surface area contributed by atoms with Gasteiger partial charge in [-0.3, -0.25) is 19.9 Å². The molecule has 124 valence electrons. The molecule has 2 unspecified atom stereocenters. The predicted octanol–water partition coefficient (Wildman–Crippen LogP) is -0.793. The lowest BCUT2D eigenvalue weighted by Crippen LogP contribution is -2.58. The fraction of sp³-hybridized carbons (Fsp3) is 0.500. The Morgan fingerprint density at radius 2 is 2.09 bits per heavy atom. The van der Waals surface area contributed by atoms with E-state index >= 15 is 0 Å². The lowest BCUT2D eigenvalue weighted by Gasteiger charge is -2.37. The van der Waals surface area contributed by atoms with Gasteiger partial charge >= 0.3 is 5.97 Å². The number of benzene rings is 1. The fourth-order valence-corrected chi connectivity index (χ4v) is 3.31. The number of hydrogen-bond acceptors (Lipinski definition) is 5. The van der Waals surface area contributed by atoms with Gasteiger partial charge in [-0.15, -0.1) is 0 Å². The number of nitrogens with zero attached hydrogens (tertiary/aromatic N) is 1. The zero-order valence-corrected chi connectivity index (χ0v) is 12.9. The van der Waals surface area contributed by atoms with Gasteiger partial charge in [-0.05, 0) is 12.0 Å². The molecule has 2 heterocycles. The van der Waals surface area contributed by atoms with Crippen LogP contribution in [0.5, 0.6) is 0 Å². The maximum atomic E-state index is 12.3. The molecule has 0 bridgehead atoms. The molecule has 2 aliphatic rings. The van der Waals surface area contributed by atoms with Crippen molar-refractivity contribution in [2.45, 2.75) is 18.5 Å². The number of carbonyl (C=O) groups is 2. The molecule has 0 aliphatic carbocycles. The lowest BCUT2D eigenvalue weighted by atomic mass is 9.97. The van der Waals surface area contributed by atoms with Gasteiger partial charge in [-0.2, -0.15) is 0 Å². The second-order valence-electron chi connectivity index (χ2n) is 6.09. The van der Waals surface area contributed by atoms with Gasteiger partial charge in [-0.25, -0.2) is 5.43 Å². The van der Waals surface area contributed by atoms with Crippen molar-refractivity contribution in [1.82, 2.24) is 21.1 Å². The van der Waals surface area contributed by atoms with E-state index in [1.54, 1.807) is 0 Å². The van der Waals surface area contributed by atoms with Crippen LogP contribution < -0.4 is 16.2 Å². The fourth-order valence-electron chi connectivity index (χ4n) is 3.31. The largest absolute Gasteiger partial charge is 0.480 e. The Kier molecular flexibility index (Phi) is 4.90. The van der Waals surface area contributed by atoms with E-state index in [0.29, 0.717) is 26.1 Å². The number of carboxylic acids is 1. The SMILES string of the molecule is O=C(O)C1NNCC1CN1CCNC(=O)[C@@H]1Cc1ccccc1. The van der Waals surface area contributed by atoms with Gasteiger partial charge in [0.15, 0.2) is 0 Å². The van der Waals surface area contributed by atoms with Crippen molar-refractivity contribution in [3.63, 3.8) is 0 Å². The second-order valence-corrected chi connectivity index (χ2v) is 6.09. The van der Waals surface area contributed by atoms with Gasteiger partial charge in [0.25, 0.3) is 0 Å². The first kappa shape index (κ1) is 15.9. The third-order valence-electron chi connectivity index (χ3n) is 4.54. The molecule has 3 atom stereocenters. The van der Waals surface area contributed by atoms with Crippen LogP contribution in [0, 0.1) is 5.92 Å². The molecule has 2 aliphatic heterocycles. The molecule has 2 fully saturated rings. The quantitative estimate of drug-likeness (QED) is 0.568. The molecule has 7 heteroatoms. The molecule has 4 N–H and O–H groups in total. The number of hydrazine groups is 1. The number of nitrogens with one attached hydrogen (secondary N) is 3. The molecule has 1 amide bonds. The highest BCUT2D eigenvalue weighted by atomic mass is 16.4. The van der Waals surface area contributed by atoms with Gasteiger partial charge in [0.1, 0.15) is 6.04 Å². The number of amides is 1. The Balaban J connectivity index is 1.70. The highest BCUT2D eigenvalue weighted by molar-refractivity contribution is 5.82. The molecule has 0 aromatic heterocycles. The van der Waals surface area contributed by atoms with Crippen molar-refractivity contribution < 1.29 is 14.7 Å². The third kappa shape index (κ3) is 3.69. The first-order chi connectivity index (χ1) is 11.1. The molecule has 0 radical (unpaired) electrons. The van der Waals surface area contributed by atoms with Crippen LogP contribution in [0.3, 0.4) is 0 Å². The van der Waals surface area contributed by atoms with E-state index in [9.17, 15) is 14.7 Å². The lowest BCUT2D eigenvalue weighted by molar-refractivity contribution is -0.140. The summed E-state index contributed by atoms with van der Waals surface area (Å²) in [7, 11) is 0. The minimum Gasteiger partial charge on any atom is -0.480 e. The van der Waals surface area contributed by atoms with E-state index in [1.807, 2.05) is 30.3 Å². The normalized spacial score (nSPS) is 28.5. The summed E-state index contributed by atoms with van der Waals surface area (Å²) >= 11 is 0. The average molecular weight is 318 g/mol. The molecule has 7 nitrogen and oxygen atoms in total. The summed E-state index contributed by atoms with van der Waals surface area (Å²) in [5.74, 6) is -0.899. The highest BCUT2D eigenvalue weighted by Crippen LogP contribution is 2.17. The molecule has 23 heavy (non-hydrogen) atoms. The molecular weight excluding hydrogens is 296 g/mol. The first-order valence-corrected chi connectivity index (χ1v) is 7.92. The second kappa shape index (κ2) is 7.08. The maximum absolute atomic E-state index is 12.3. The number of hydrogen-bond donors (Lipinski definition) is 4. The highest BCUT2D eigenvalue weighted by Gasteiger charge is 2.37. The summed E-state index contributed by atoms with van der Waals surface area (Å²) in [5.41, 5.74) is 6.81. The summed E-state index contributed by atoms with van der Waals surface area (Å²) in [6.07, 6.45) is 0.637. The van der Waals surface area contributed by atoms with Gasteiger partial charge < -0.3 is 10.4 Å². The van der Waals surface area contributed by atoms with Crippen LogP contribution in [0.1, 0.15) is 5.56 Å². The molecule has 1 aromatic rings. The Hall–Kier alpha value is -1.96. The Labute approximate surface area is 135 Å². The van der Waals surface area contributed by atoms with Crippen molar-refractivity contribution in [2.75, 3.05) is 26.2 Å². The zero-order valence-electron chi connectivity index (χ0n) is 12.9. The molecular formula is C16H22N4O3. The van der Waals surface area contributed by atoms with Gasteiger partial charge in [0.2, 0.25) is 5.91 Å². The Bertz CT molecular complexity index is 566. The topological polar surface area (TPSA) is 93.7 Å². The number of carboxylic acid groups (broad SMARTS) is 1. The third-order valence-corrected chi connectivity index (χ3v) is 4.54. The van der Waals surface area contributed by atoms with E-state index in [1.165, 1.54) is 0 Å². The van der Waals surface area contributed by atoms with Crippen LogP contribution in [0.15, 0.2) is 30.3 Å². The standard InChI is InChI=1S/C16H22N4O3/c21-15-13(8-11-4-2-1-3-5-11)20(7-6-17-15)10-12-9-18-19-14(12)16(22)23/h1-5,12-14,18-19H,6-10H2,(H,17,21)(H,22,23)/t12?,13-,14?/m0/s1. The summed E-state index contributed by atoms with van der Waals surface area (Å²) in [4.78, 5) is 25.7. The summed E-state index contributed by atoms with van der Waals surface area (Å²) in [5, 5.41) is 12.2. The predicted molar refractivity (Wildman–Crippen MR) is 84.6 cm³/mol. The van der Waals surface area contributed by atoms with E-state index in [2.05, 4.69) is 21.1 Å². The minimum absolute atomic E-state index is 0.0193. The van der Waals surface area contributed by atoms with Gasteiger partial charge in [0.05, 0.1) is 6.04 Å². The van der Waals surface area contributed by atoms with E-state index in [0.717, 1.165) is 12.1 Å². The van der Waals surface area contributed by atoms with E-state index in [-0.39, 0.29) is 17.9 Å². The summed E-state index contributed by atoms with van der Waals surface area (Å²) in [6, 6.07) is 9.04. The number of piperazine rings is 1. The Morgan fingerprint density at radius 3 is 2.83 bits per heavy atom. The van der Waals surface area contributed by atoms with Crippen LogP contribution in [0.25, 0.3) is 0 Å². The molecule has 0 spiro atoms. The van der Waals surface area contributed by atoms with Gasteiger partial charge in [0, 0.05) is 32.1 Å². The van der Waals surface area contributed by atoms with Crippen molar-refractivity contribution in [3.05, 3.63) is 35.9 Å². The van der Waals surface area contributed by atoms with E-state index < -0.39 is 12.0 Å². The van der Waals surface area contributed by atoms with Crippen molar-refractivity contribution in [1.29, 1.82) is 0 Å². The number of rotatable bonds is 5. The van der Waals surface area contributed by atoms with Crippen LogP contribution in [-0.4, -0.2) is 60.1 Å². The Morgan fingerprint density at radius 1 is 1.30 bits per heavy atom. The smallest absolute Gasteiger partial charge is 0.322 e. The van der Waals surface area contributed by atoms with Gasteiger partial charge in [-0.1, -0.05) is 30.3 Å². The van der Waals surface area contributed by atoms with Crippen molar-refractivity contribution >= 4 is 11.9 Å². The maximum Gasteiger partial charge on any atom is 0.322 e. The molecule has 1 aromatic carbocycles.